The maximum absolute atomic E-state index is 11.6. The molecule has 2 unspecified atom stereocenters. The smallest absolute Gasteiger partial charge is 0.268 e. The summed E-state index contributed by atoms with van der Waals surface area (Å²) in [6.07, 6.45) is 27.9. The molecular weight excluding hydrogens is 384 g/mol. The third-order valence-electron chi connectivity index (χ3n) is 6.83. The number of amides is 1. The normalized spacial score (nSPS) is 25.3. The molecule has 2 atom stereocenters. The van der Waals surface area contributed by atoms with Gasteiger partial charge < -0.3 is 5.11 Å². The molecular formula is C27H38N2O2. The Labute approximate surface area is 187 Å². The second-order valence-electron chi connectivity index (χ2n) is 8.89. The average Bonchev–Trinajstić information content (AvgIpc) is 3.08. The van der Waals surface area contributed by atoms with Gasteiger partial charge in [-0.3, -0.25) is 10.2 Å². The number of aliphatic hydroxyl groups excluding tert-OH is 1. The van der Waals surface area contributed by atoms with Gasteiger partial charge in [0.1, 0.15) is 5.76 Å². The molecule has 4 aliphatic carbocycles. The van der Waals surface area contributed by atoms with E-state index in [1.807, 2.05) is 0 Å². The molecule has 0 aromatic rings. The molecule has 31 heavy (non-hydrogen) atoms. The van der Waals surface area contributed by atoms with Gasteiger partial charge in [-0.15, -0.1) is 0 Å². The number of allylic oxidation sites excluding steroid dienone is 10. The molecule has 1 amide bonds. The van der Waals surface area contributed by atoms with Crippen molar-refractivity contribution in [3.8, 4) is 0 Å². The molecule has 0 saturated carbocycles. The Morgan fingerprint density at radius 3 is 2.81 bits per heavy atom. The minimum atomic E-state index is -0.412. The van der Waals surface area contributed by atoms with Gasteiger partial charge >= 0.3 is 0 Å². The first-order valence-electron chi connectivity index (χ1n) is 12.0. The lowest BCUT2D eigenvalue weighted by Gasteiger charge is -2.29. The minimum absolute atomic E-state index is 0.124. The molecule has 0 aromatic carbocycles. The Balaban J connectivity index is 0.000000194. The van der Waals surface area contributed by atoms with Crippen LogP contribution in [0.5, 0.6) is 0 Å². The highest BCUT2D eigenvalue weighted by molar-refractivity contribution is 5.97. The summed E-state index contributed by atoms with van der Waals surface area (Å²) in [5, 5.41) is 10.2. The van der Waals surface area contributed by atoms with E-state index in [9.17, 15) is 9.90 Å². The largest absolute Gasteiger partial charge is 0.507 e. The fraction of sp³-hybridized carbons (Fsp3) is 0.519. The fourth-order valence-electron chi connectivity index (χ4n) is 5.06. The van der Waals surface area contributed by atoms with E-state index < -0.39 is 5.91 Å². The van der Waals surface area contributed by atoms with Crippen LogP contribution in [-0.2, 0) is 4.79 Å². The van der Waals surface area contributed by atoms with Crippen LogP contribution in [0.4, 0.5) is 0 Å². The molecule has 0 aromatic heterocycles. The van der Waals surface area contributed by atoms with E-state index in [0.717, 1.165) is 43.6 Å². The van der Waals surface area contributed by atoms with Crippen LogP contribution < -0.4 is 11.3 Å². The second-order valence-corrected chi connectivity index (χ2v) is 8.89. The van der Waals surface area contributed by atoms with Crippen molar-refractivity contribution in [2.75, 3.05) is 0 Å². The Kier molecular flexibility index (Phi) is 8.96. The lowest BCUT2D eigenvalue weighted by molar-refractivity contribution is -0.117. The van der Waals surface area contributed by atoms with E-state index in [-0.39, 0.29) is 5.76 Å². The van der Waals surface area contributed by atoms with Crippen molar-refractivity contribution in [2.45, 2.75) is 77.6 Å². The van der Waals surface area contributed by atoms with Crippen molar-refractivity contribution in [3.63, 3.8) is 0 Å². The number of hydrogen-bond acceptors (Lipinski definition) is 3. The van der Waals surface area contributed by atoms with E-state index in [2.05, 4.69) is 48.8 Å². The predicted octanol–water partition coefficient (Wildman–Crippen LogP) is 6.26. The van der Waals surface area contributed by atoms with Crippen LogP contribution in [0, 0.1) is 11.8 Å². The molecule has 4 heteroatoms. The van der Waals surface area contributed by atoms with Gasteiger partial charge in [0.2, 0.25) is 0 Å². The van der Waals surface area contributed by atoms with E-state index in [4.69, 9.17) is 5.84 Å². The zero-order valence-corrected chi connectivity index (χ0v) is 18.9. The Hall–Kier alpha value is -2.33. The van der Waals surface area contributed by atoms with Crippen LogP contribution in [0.3, 0.4) is 0 Å². The summed E-state index contributed by atoms with van der Waals surface area (Å²) in [7, 11) is 0. The third kappa shape index (κ3) is 6.33. The van der Waals surface area contributed by atoms with Gasteiger partial charge in [0.15, 0.2) is 0 Å². The number of carbonyl (C=O) groups excluding carboxylic acids is 1. The van der Waals surface area contributed by atoms with Crippen LogP contribution >= 0.6 is 0 Å². The molecule has 0 aliphatic heterocycles. The molecule has 0 spiro atoms. The predicted molar refractivity (Wildman–Crippen MR) is 128 cm³/mol. The van der Waals surface area contributed by atoms with Crippen LogP contribution in [0.2, 0.25) is 0 Å². The van der Waals surface area contributed by atoms with Crippen molar-refractivity contribution in [2.24, 2.45) is 17.7 Å². The number of carbonyl (C=O) groups is 1. The summed E-state index contributed by atoms with van der Waals surface area (Å²) >= 11 is 0. The van der Waals surface area contributed by atoms with Crippen molar-refractivity contribution < 1.29 is 9.90 Å². The SMILES string of the molecule is CCC1=CC=CC2C=CCCC12.NNC(=O)C1=CCCC(CC2=CCCCCC2)=C1O. The average molecular weight is 423 g/mol. The summed E-state index contributed by atoms with van der Waals surface area (Å²) in [6, 6.07) is 0. The quantitative estimate of drug-likeness (QED) is 0.216. The lowest BCUT2D eigenvalue weighted by Crippen LogP contribution is -2.32. The summed E-state index contributed by atoms with van der Waals surface area (Å²) in [4.78, 5) is 11.6. The summed E-state index contributed by atoms with van der Waals surface area (Å²) in [5.41, 5.74) is 6.41. The van der Waals surface area contributed by atoms with E-state index in [1.54, 1.807) is 11.6 Å². The van der Waals surface area contributed by atoms with Gasteiger partial charge in [0, 0.05) is 5.92 Å². The van der Waals surface area contributed by atoms with Gasteiger partial charge in [0.05, 0.1) is 5.57 Å². The second kappa shape index (κ2) is 11.9. The number of fused-ring (bicyclic) bond motifs is 1. The van der Waals surface area contributed by atoms with Gasteiger partial charge in [-0.05, 0) is 75.7 Å². The number of aliphatic hydroxyl groups is 1. The summed E-state index contributed by atoms with van der Waals surface area (Å²) in [5.74, 6) is 6.37. The Bertz CT molecular complexity index is 826. The van der Waals surface area contributed by atoms with Gasteiger partial charge in [-0.1, -0.05) is 67.0 Å². The topological polar surface area (TPSA) is 75.3 Å². The summed E-state index contributed by atoms with van der Waals surface area (Å²) < 4.78 is 0. The molecule has 4 aliphatic rings. The number of nitrogens with one attached hydrogen (secondary N) is 1. The zero-order valence-electron chi connectivity index (χ0n) is 18.9. The van der Waals surface area contributed by atoms with Crippen LogP contribution in [-0.4, -0.2) is 11.0 Å². The summed E-state index contributed by atoms with van der Waals surface area (Å²) in [6.45, 7) is 2.26. The van der Waals surface area contributed by atoms with Crippen molar-refractivity contribution >= 4 is 5.91 Å². The Morgan fingerprint density at radius 2 is 2.00 bits per heavy atom. The minimum Gasteiger partial charge on any atom is -0.507 e. The Morgan fingerprint density at radius 1 is 1.13 bits per heavy atom. The monoisotopic (exact) mass is 422 g/mol. The number of rotatable bonds is 4. The first-order valence-corrected chi connectivity index (χ1v) is 12.0. The molecule has 0 saturated heterocycles. The van der Waals surface area contributed by atoms with Crippen LogP contribution in [0.25, 0.3) is 0 Å². The highest BCUT2D eigenvalue weighted by atomic mass is 16.3. The molecule has 0 bridgehead atoms. The highest BCUT2D eigenvalue weighted by Gasteiger charge is 2.23. The highest BCUT2D eigenvalue weighted by Crippen LogP contribution is 2.36. The van der Waals surface area contributed by atoms with Gasteiger partial charge in [0.25, 0.3) is 5.91 Å². The maximum atomic E-state index is 11.6. The molecule has 0 fully saturated rings. The van der Waals surface area contributed by atoms with E-state index in [1.165, 1.54) is 44.1 Å². The van der Waals surface area contributed by atoms with E-state index >= 15 is 0 Å². The van der Waals surface area contributed by atoms with Crippen LogP contribution in [0.1, 0.15) is 77.6 Å². The lowest BCUT2D eigenvalue weighted by atomic mass is 9.75. The van der Waals surface area contributed by atoms with Crippen molar-refractivity contribution in [1.82, 2.24) is 5.43 Å². The molecule has 168 valence electrons. The molecule has 0 heterocycles. The molecule has 4 N–H and O–H groups in total. The maximum Gasteiger partial charge on any atom is 0.268 e. The molecule has 0 radical (unpaired) electrons. The van der Waals surface area contributed by atoms with Crippen LogP contribution in [0.15, 0.2) is 70.6 Å². The number of hydrogen-bond donors (Lipinski definition) is 3. The number of hydrazine groups is 1. The third-order valence-corrected chi connectivity index (χ3v) is 6.83. The number of nitrogens with two attached hydrogens (primary N) is 1. The first-order chi connectivity index (χ1) is 15.1. The van der Waals surface area contributed by atoms with Gasteiger partial charge in [-0.2, -0.15) is 0 Å². The van der Waals surface area contributed by atoms with Gasteiger partial charge in [-0.25, -0.2) is 5.84 Å². The first kappa shape index (κ1) is 23.3. The standard InChI is InChI=1S/C15H22N2O2.C12H16/c16-17-15(19)13-9-5-8-12(14(13)18)10-11-6-3-1-2-4-7-11;1-2-10-7-5-8-11-6-3-4-9-12(10)11/h6,9,18H,1-5,7-8,10,16H2,(H,17,19);3,5-8,11-12H,2,4,9H2,1H3. The molecule has 4 nitrogen and oxygen atoms in total. The zero-order chi connectivity index (χ0) is 22.1. The molecule has 4 rings (SSSR count). The van der Waals surface area contributed by atoms with Crippen molar-refractivity contribution in [3.05, 3.63) is 70.6 Å². The van der Waals surface area contributed by atoms with Crippen molar-refractivity contribution in [1.29, 1.82) is 0 Å². The fourth-order valence-corrected chi connectivity index (χ4v) is 5.06. The van der Waals surface area contributed by atoms with E-state index in [0.29, 0.717) is 11.5 Å².